The summed E-state index contributed by atoms with van der Waals surface area (Å²) in [6.07, 6.45) is 0.233. The van der Waals surface area contributed by atoms with Gasteiger partial charge in [0.15, 0.2) is 0 Å². The molecule has 114 valence electrons. The van der Waals surface area contributed by atoms with Gasteiger partial charge in [-0.05, 0) is 41.0 Å². The fraction of sp³-hybridized carbons (Fsp3) is 0.769. The molecule has 7 heteroatoms. The second-order valence-corrected chi connectivity index (χ2v) is 5.09. The third kappa shape index (κ3) is 6.01. The monoisotopic (exact) mass is 283 g/mol. The van der Waals surface area contributed by atoms with E-state index in [1.807, 2.05) is 27.7 Å². The summed E-state index contributed by atoms with van der Waals surface area (Å²) in [6, 6.07) is 0.344. The molecule has 3 N–H and O–H groups in total. The molecular weight excluding hydrogens is 258 g/mol. The molecule has 1 aromatic heterocycles. The van der Waals surface area contributed by atoms with Crippen LogP contribution in [-0.2, 0) is 0 Å². The molecule has 20 heavy (non-hydrogen) atoms. The third-order valence-corrected chi connectivity index (χ3v) is 2.36. The molecular formula is C13H25N5O2. The minimum atomic E-state index is -0.376. The molecule has 2 atom stereocenters. The minimum Gasteiger partial charge on any atom is -0.461 e. The van der Waals surface area contributed by atoms with Crippen molar-refractivity contribution in [3.63, 3.8) is 0 Å². The smallest absolute Gasteiger partial charge is 0.323 e. The van der Waals surface area contributed by atoms with Crippen LogP contribution < -0.4 is 15.4 Å². The number of rotatable bonds is 8. The Kier molecular flexibility index (Phi) is 6.44. The van der Waals surface area contributed by atoms with Gasteiger partial charge in [0, 0.05) is 12.6 Å². The highest BCUT2D eigenvalue weighted by Crippen LogP contribution is 2.14. The molecule has 2 unspecified atom stereocenters. The van der Waals surface area contributed by atoms with Crippen molar-refractivity contribution in [1.29, 1.82) is 0 Å². The van der Waals surface area contributed by atoms with Gasteiger partial charge >= 0.3 is 6.01 Å². The number of hydrogen-bond donors (Lipinski definition) is 3. The summed E-state index contributed by atoms with van der Waals surface area (Å²) in [5.41, 5.74) is 0. The van der Waals surface area contributed by atoms with E-state index in [0.29, 0.717) is 24.9 Å². The largest absolute Gasteiger partial charge is 0.461 e. The Morgan fingerprint density at radius 2 is 1.75 bits per heavy atom. The Morgan fingerprint density at radius 3 is 2.30 bits per heavy atom. The Bertz CT molecular complexity index is 412. The summed E-state index contributed by atoms with van der Waals surface area (Å²) < 4.78 is 5.51. The normalized spacial score (nSPS) is 13.9. The van der Waals surface area contributed by atoms with Crippen LogP contribution in [0.5, 0.6) is 6.01 Å². The van der Waals surface area contributed by atoms with Crippen LogP contribution in [-0.4, -0.2) is 44.9 Å². The van der Waals surface area contributed by atoms with Gasteiger partial charge in [-0.3, -0.25) is 0 Å². The topological polar surface area (TPSA) is 92.2 Å². The lowest BCUT2D eigenvalue weighted by Crippen LogP contribution is -2.23. The van der Waals surface area contributed by atoms with E-state index in [9.17, 15) is 5.11 Å². The molecule has 0 radical (unpaired) electrons. The van der Waals surface area contributed by atoms with E-state index < -0.39 is 0 Å². The first-order valence-corrected chi connectivity index (χ1v) is 7.01. The fourth-order valence-electron chi connectivity index (χ4n) is 1.71. The lowest BCUT2D eigenvalue weighted by molar-refractivity contribution is 0.179. The SMILES string of the molecule is CCNc1nc(NC(C)CC(C)O)nc(OC(C)C)n1. The summed E-state index contributed by atoms with van der Waals surface area (Å²) in [5.74, 6) is 0.921. The van der Waals surface area contributed by atoms with E-state index in [-0.39, 0.29) is 24.3 Å². The van der Waals surface area contributed by atoms with Crippen LogP contribution in [0.4, 0.5) is 11.9 Å². The summed E-state index contributed by atoms with van der Waals surface area (Å²) in [6.45, 7) is 10.2. The summed E-state index contributed by atoms with van der Waals surface area (Å²) in [4.78, 5) is 12.7. The van der Waals surface area contributed by atoms with Crippen LogP contribution in [0.15, 0.2) is 0 Å². The molecule has 0 aliphatic rings. The number of aliphatic hydroxyl groups excluding tert-OH is 1. The number of ether oxygens (including phenoxy) is 1. The second kappa shape index (κ2) is 7.84. The van der Waals surface area contributed by atoms with Crippen molar-refractivity contribution in [3.05, 3.63) is 0 Å². The number of aromatic nitrogens is 3. The van der Waals surface area contributed by atoms with Crippen LogP contribution >= 0.6 is 0 Å². The van der Waals surface area contributed by atoms with Crippen molar-refractivity contribution in [2.75, 3.05) is 17.2 Å². The molecule has 1 rings (SSSR count). The predicted octanol–water partition coefficient (Wildman–Crippen LogP) is 1.66. The molecule has 0 aromatic carbocycles. The van der Waals surface area contributed by atoms with Crippen LogP contribution in [0, 0.1) is 0 Å². The standard InChI is InChI=1S/C13H25N5O2/c1-6-14-11-16-12(15-9(4)7-10(5)19)18-13(17-11)20-8(2)3/h8-10,19H,6-7H2,1-5H3,(H2,14,15,16,17,18). The van der Waals surface area contributed by atoms with E-state index in [0.717, 1.165) is 0 Å². The Balaban J connectivity index is 2.84. The van der Waals surface area contributed by atoms with E-state index in [1.165, 1.54) is 0 Å². The Morgan fingerprint density at radius 1 is 1.10 bits per heavy atom. The average Bonchev–Trinajstić information content (AvgIpc) is 2.26. The van der Waals surface area contributed by atoms with Crippen LogP contribution in [0.2, 0.25) is 0 Å². The van der Waals surface area contributed by atoms with Gasteiger partial charge in [0.2, 0.25) is 11.9 Å². The lowest BCUT2D eigenvalue weighted by atomic mass is 10.2. The molecule has 0 spiro atoms. The quantitative estimate of drug-likeness (QED) is 0.668. The molecule has 0 saturated carbocycles. The Labute approximate surface area is 120 Å². The first-order chi connectivity index (χ1) is 9.40. The lowest BCUT2D eigenvalue weighted by Gasteiger charge is -2.16. The third-order valence-electron chi connectivity index (χ3n) is 2.36. The Hall–Kier alpha value is -1.63. The number of anilines is 2. The highest BCUT2D eigenvalue weighted by Gasteiger charge is 2.12. The zero-order valence-corrected chi connectivity index (χ0v) is 12.8. The van der Waals surface area contributed by atoms with E-state index in [2.05, 4.69) is 25.6 Å². The molecule has 1 aromatic rings. The maximum absolute atomic E-state index is 9.38. The van der Waals surface area contributed by atoms with Crippen molar-refractivity contribution in [2.45, 2.75) is 59.3 Å². The van der Waals surface area contributed by atoms with E-state index in [4.69, 9.17) is 4.74 Å². The molecule has 0 amide bonds. The number of aliphatic hydroxyl groups is 1. The maximum atomic E-state index is 9.38. The molecule has 0 saturated heterocycles. The van der Waals surface area contributed by atoms with Crippen LogP contribution in [0.3, 0.4) is 0 Å². The van der Waals surface area contributed by atoms with Gasteiger partial charge in [0.1, 0.15) is 0 Å². The van der Waals surface area contributed by atoms with Crippen molar-refractivity contribution < 1.29 is 9.84 Å². The molecule has 0 fully saturated rings. The van der Waals surface area contributed by atoms with Gasteiger partial charge in [-0.1, -0.05) is 0 Å². The van der Waals surface area contributed by atoms with Crippen molar-refractivity contribution in [2.24, 2.45) is 0 Å². The van der Waals surface area contributed by atoms with E-state index in [1.54, 1.807) is 6.92 Å². The summed E-state index contributed by atoms with van der Waals surface area (Å²) in [5, 5.41) is 15.6. The molecule has 7 nitrogen and oxygen atoms in total. The van der Waals surface area contributed by atoms with Crippen LogP contribution in [0.25, 0.3) is 0 Å². The second-order valence-electron chi connectivity index (χ2n) is 5.09. The van der Waals surface area contributed by atoms with Gasteiger partial charge in [-0.2, -0.15) is 15.0 Å². The molecule has 1 heterocycles. The summed E-state index contributed by atoms with van der Waals surface area (Å²) in [7, 11) is 0. The maximum Gasteiger partial charge on any atom is 0.323 e. The zero-order valence-electron chi connectivity index (χ0n) is 12.8. The average molecular weight is 283 g/mol. The zero-order chi connectivity index (χ0) is 15.1. The first-order valence-electron chi connectivity index (χ1n) is 7.01. The van der Waals surface area contributed by atoms with Gasteiger partial charge in [0.25, 0.3) is 0 Å². The number of nitrogens with zero attached hydrogens (tertiary/aromatic N) is 3. The first kappa shape index (κ1) is 16.4. The van der Waals surface area contributed by atoms with Gasteiger partial charge in [0.05, 0.1) is 12.2 Å². The highest BCUT2D eigenvalue weighted by atomic mass is 16.5. The van der Waals surface area contributed by atoms with Crippen molar-refractivity contribution >= 4 is 11.9 Å². The van der Waals surface area contributed by atoms with Gasteiger partial charge < -0.3 is 20.5 Å². The van der Waals surface area contributed by atoms with Crippen molar-refractivity contribution in [3.8, 4) is 6.01 Å². The number of hydrogen-bond acceptors (Lipinski definition) is 7. The minimum absolute atomic E-state index is 0.00499. The summed E-state index contributed by atoms with van der Waals surface area (Å²) >= 11 is 0. The highest BCUT2D eigenvalue weighted by molar-refractivity contribution is 5.36. The number of nitrogens with one attached hydrogen (secondary N) is 2. The van der Waals surface area contributed by atoms with Gasteiger partial charge in [-0.15, -0.1) is 0 Å². The van der Waals surface area contributed by atoms with E-state index >= 15 is 0 Å². The molecule has 0 aliphatic heterocycles. The van der Waals surface area contributed by atoms with Gasteiger partial charge in [-0.25, -0.2) is 0 Å². The molecule has 0 aliphatic carbocycles. The molecule has 0 bridgehead atoms. The predicted molar refractivity (Wildman–Crippen MR) is 79.1 cm³/mol. The fourth-order valence-corrected chi connectivity index (χ4v) is 1.71. The van der Waals surface area contributed by atoms with Crippen LogP contribution in [0.1, 0.15) is 41.0 Å². The van der Waals surface area contributed by atoms with Crippen molar-refractivity contribution in [1.82, 2.24) is 15.0 Å².